The van der Waals surface area contributed by atoms with Crippen LogP contribution in [-0.2, 0) is 9.84 Å². The second-order valence-corrected chi connectivity index (χ2v) is 7.46. The van der Waals surface area contributed by atoms with Crippen molar-refractivity contribution in [3.05, 3.63) is 0 Å². The van der Waals surface area contributed by atoms with Gasteiger partial charge in [0.25, 0.3) is 0 Å². The predicted octanol–water partition coefficient (Wildman–Crippen LogP) is 0.234. The molecule has 2 fully saturated rings. The van der Waals surface area contributed by atoms with Crippen molar-refractivity contribution in [3.63, 3.8) is 0 Å². The smallest absolute Gasteiger partial charge is 0.152 e. The van der Waals surface area contributed by atoms with Crippen LogP contribution in [0.2, 0.25) is 0 Å². The average Bonchev–Trinajstić information content (AvgIpc) is 2.24. The summed E-state index contributed by atoms with van der Waals surface area (Å²) in [5, 5.41) is 0. The van der Waals surface area contributed by atoms with Crippen molar-refractivity contribution in [2.75, 3.05) is 31.1 Å². The predicted molar refractivity (Wildman–Crippen MR) is 65.0 cm³/mol. The Kier molecular flexibility index (Phi) is 3.87. The van der Waals surface area contributed by atoms with Crippen molar-refractivity contribution in [1.82, 2.24) is 4.90 Å². The summed E-state index contributed by atoms with van der Waals surface area (Å²) in [6.07, 6.45) is 4.89. The molecule has 1 aliphatic heterocycles. The van der Waals surface area contributed by atoms with Gasteiger partial charge in [0.2, 0.25) is 0 Å². The van der Waals surface area contributed by atoms with E-state index in [0.29, 0.717) is 36.6 Å². The highest BCUT2D eigenvalue weighted by molar-refractivity contribution is 7.91. The lowest BCUT2D eigenvalue weighted by Crippen LogP contribution is -2.46. The minimum atomic E-state index is -2.74. The molecule has 1 saturated heterocycles. The van der Waals surface area contributed by atoms with E-state index < -0.39 is 9.84 Å². The molecule has 94 valence electrons. The molecule has 0 spiro atoms. The maximum Gasteiger partial charge on any atom is 0.152 e. The molecule has 0 bridgehead atoms. The van der Waals surface area contributed by atoms with Crippen molar-refractivity contribution in [2.24, 2.45) is 11.7 Å². The second-order valence-electron chi connectivity index (χ2n) is 5.16. The van der Waals surface area contributed by atoms with E-state index in [0.717, 1.165) is 13.0 Å². The van der Waals surface area contributed by atoms with Crippen molar-refractivity contribution in [2.45, 2.75) is 31.7 Å². The van der Waals surface area contributed by atoms with Gasteiger partial charge in [-0.25, -0.2) is 8.42 Å². The second kappa shape index (κ2) is 5.02. The fourth-order valence-corrected chi connectivity index (χ4v) is 4.00. The quantitative estimate of drug-likeness (QED) is 0.758. The molecule has 1 heterocycles. The van der Waals surface area contributed by atoms with Crippen molar-refractivity contribution >= 4 is 9.84 Å². The van der Waals surface area contributed by atoms with Crippen LogP contribution in [0, 0.1) is 5.92 Å². The zero-order chi connectivity index (χ0) is 11.6. The molecule has 2 N–H and O–H groups in total. The van der Waals surface area contributed by atoms with Crippen LogP contribution in [0.5, 0.6) is 0 Å². The minimum Gasteiger partial charge on any atom is -0.327 e. The number of rotatable bonds is 2. The van der Waals surface area contributed by atoms with E-state index in [9.17, 15) is 8.42 Å². The van der Waals surface area contributed by atoms with Crippen LogP contribution < -0.4 is 5.73 Å². The van der Waals surface area contributed by atoms with Gasteiger partial charge in [-0.15, -0.1) is 0 Å². The molecule has 0 aromatic rings. The summed E-state index contributed by atoms with van der Waals surface area (Å²) >= 11 is 0. The Balaban J connectivity index is 1.82. The van der Waals surface area contributed by atoms with E-state index in [1.807, 2.05) is 0 Å². The fourth-order valence-electron chi connectivity index (χ4n) is 2.73. The topological polar surface area (TPSA) is 63.4 Å². The van der Waals surface area contributed by atoms with Gasteiger partial charge in [0.1, 0.15) is 0 Å². The van der Waals surface area contributed by atoms with Crippen molar-refractivity contribution in [3.8, 4) is 0 Å². The third-order valence-electron chi connectivity index (χ3n) is 3.90. The highest BCUT2D eigenvalue weighted by atomic mass is 32.2. The zero-order valence-electron chi connectivity index (χ0n) is 9.77. The first-order valence-corrected chi connectivity index (χ1v) is 8.07. The first kappa shape index (κ1) is 12.3. The summed E-state index contributed by atoms with van der Waals surface area (Å²) in [6.45, 7) is 2.40. The van der Waals surface area contributed by atoms with Gasteiger partial charge in [0.05, 0.1) is 11.5 Å². The number of nitrogens with zero attached hydrogens (tertiary/aromatic N) is 1. The lowest BCUT2D eigenvalue weighted by atomic mass is 9.85. The van der Waals surface area contributed by atoms with Crippen LogP contribution in [0.15, 0.2) is 0 Å². The molecule has 1 saturated carbocycles. The molecule has 2 rings (SSSR count). The Hall–Kier alpha value is -0.130. The molecule has 1 aliphatic carbocycles. The molecular weight excluding hydrogens is 224 g/mol. The summed E-state index contributed by atoms with van der Waals surface area (Å²) < 4.78 is 22.6. The van der Waals surface area contributed by atoms with E-state index in [1.54, 1.807) is 0 Å². The van der Waals surface area contributed by atoms with E-state index >= 15 is 0 Å². The molecule has 0 amide bonds. The van der Waals surface area contributed by atoms with Crippen molar-refractivity contribution in [1.29, 1.82) is 0 Å². The fraction of sp³-hybridized carbons (Fsp3) is 1.00. The number of nitrogens with two attached hydrogens (primary N) is 1. The molecule has 16 heavy (non-hydrogen) atoms. The Morgan fingerprint density at radius 2 is 1.75 bits per heavy atom. The van der Waals surface area contributed by atoms with Gasteiger partial charge in [-0.05, 0) is 18.8 Å². The van der Waals surface area contributed by atoms with Crippen LogP contribution >= 0.6 is 0 Å². The first-order chi connectivity index (χ1) is 7.57. The van der Waals surface area contributed by atoms with Crippen LogP contribution in [-0.4, -0.2) is 50.5 Å². The van der Waals surface area contributed by atoms with E-state index in [2.05, 4.69) is 4.90 Å². The molecule has 5 heteroatoms. The molecular formula is C11H22N2O2S. The Morgan fingerprint density at radius 3 is 2.38 bits per heavy atom. The van der Waals surface area contributed by atoms with Gasteiger partial charge in [0, 0.05) is 25.7 Å². The summed E-state index contributed by atoms with van der Waals surface area (Å²) in [5.41, 5.74) is 6.10. The lowest BCUT2D eigenvalue weighted by molar-refractivity contribution is 0.194. The maximum absolute atomic E-state index is 11.3. The molecule has 0 aromatic carbocycles. The van der Waals surface area contributed by atoms with E-state index in [4.69, 9.17) is 5.73 Å². The Morgan fingerprint density at radius 1 is 1.12 bits per heavy atom. The van der Waals surface area contributed by atoms with Crippen LogP contribution in [0.1, 0.15) is 25.7 Å². The van der Waals surface area contributed by atoms with Gasteiger partial charge in [-0.1, -0.05) is 12.8 Å². The normalized spacial score (nSPS) is 36.1. The Labute approximate surface area is 98.1 Å². The zero-order valence-corrected chi connectivity index (χ0v) is 10.6. The third kappa shape index (κ3) is 3.18. The molecule has 4 nitrogen and oxygen atoms in total. The summed E-state index contributed by atoms with van der Waals surface area (Å²) in [5.74, 6) is 1.23. The van der Waals surface area contributed by atoms with Gasteiger partial charge >= 0.3 is 0 Å². The van der Waals surface area contributed by atoms with Gasteiger partial charge < -0.3 is 10.6 Å². The molecule has 2 aliphatic rings. The minimum absolute atomic E-state index is 0.326. The SMILES string of the molecule is NC1CCCCC1CN1CCS(=O)(=O)CC1. The number of hydrogen-bond donors (Lipinski definition) is 1. The number of sulfone groups is 1. The summed E-state index contributed by atoms with van der Waals surface area (Å²) in [7, 11) is -2.74. The maximum atomic E-state index is 11.3. The molecule has 0 radical (unpaired) electrons. The summed E-state index contributed by atoms with van der Waals surface area (Å²) in [6, 6.07) is 0.326. The van der Waals surface area contributed by atoms with Crippen LogP contribution in [0.4, 0.5) is 0 Å². The molecule has 0 aromatic heterocycles. The molecule has 2 atom stereocenters. The first-order valence-electron chi connectivity index (χ1n) is 6.25. The average molecular weight is 246 g/mol. The highest BCUT2D eigenvalue weighted by Crippen LogP contribution is 2.24. The van der Waals surface area contributed by atoms with Gasteiger partial charge in [-0.3, -0.25) is 0 Å². The lowest BCUT2D eigenvalue weighted by Gasteiger charge is -2.35. The van der Waals surface area contributed by atoms with Crippen LogP contribution in [0.25, 0.3) is 0 Å². The largest absolute Gasteiger partial charge is 0.327 e. The van der Waals surface area contributed by atoms with E-state index in [-0.39, 0.29) is 0 Å². The monoisotopic (exact) mass is 246 g/mol. The highest BCUT2D eigenvalue weighted by Gasteiger charge is 2.27. The standard InChI is InChI=1S/C11H22N2O2S/c12-11-4-2-1-3-10(11)9-13-5-7-16(14,15)8-6-13/h10-11H,1-9,12H2. The van der Waals surface area contributed by atoms with E-state index in [1.165, 1.54) is 19.3 Å². The van der Waals surface area contributed by atoms with Gasteiger partial charge in [-0.2, -0.15) is 0 Å². The molecule has 2 unspecified atom stereocenters. The van der Waals surface area contributed by atoms with Crippen LogP contribution in [0.3, 0.4) is 0 Å². The third-order valence-corrected chi connectivity index (χ3v) is 5.51. The van der Waals surface area contributed by atoms with Crippen molar-refractivity contribution < 1.29 is 8.42 Å². The summed E-state index contributed by atoms with van der Waals surface area (Å²) in [4.78, 5) is 2.27. The Bertz CT molecular complexity index is 315. The number of hydrogen-bond acceptors (Lipinski definition) is 4. The van der Waals surface area contributed by atoms with Gasteiger partial charge in [0.15, 0.2) is 9.84 Å².